The summed E-state index contributed by atoms with van der Waals surface area (Å²) in [5.74, 6) is -0.113. The van der Waals surface area contributed by atoms with E-state index in [-0.39, 0.29) is 20.4 Å². The van der Waals surface area contributed by atoms with Gasteiger partial charge in [-0.15, -0.1) is 5.10 Å². The van der Waals surface area contributed by atoms with Gasteiger partial charge in [-0.25, -0.2) is 0 Å². The number of carbonyl (C=O) groups is 2. The van der Waals surface area contributed by atoms with Crippen LogP contribution in [0.15, 0.2) is 54.6 Å². The summed E-state index contributed by atoms with van der Waals surface area (Å²) in [5, 5.41) is 51.8. The molecule has 3 aromatic carbocycles. The molecule has 0 fully saturated rings. The van der Waals surface area contributed by atoms with Crippen LogP contribution in [0, 0.1) is 6.92 Å². The molecule has 0 aliphatic rings. The van der Waals surface area contributed by atoms with Crippen LogP contribution in [0.2, 0.25) is 0 Å². The molecule has 0 amide bonds. The number of rotatable bonds is 8. The maximum absolute atomic E-state index is 12.8. The Morgan fingerprint density at radius 2 is 1.51 bits per heavy atom. The van der Waals surface area contributed by atoms with E-state index < -0.39 is 26.2 Å². The number of nitrogens with zero attached hydrogens (tertiary/aromatic N) is 2. The third kappa shape index (κ3) is 11.9. The quantitative estimate of drug-likeness (QED) is 0.170. The van der Waals surface area contributed by atoms with Crippen LogP contribution in [0.5, 0.6) is 11.5 Å². The molecule has 0 bridgehead atoms. The predicted octanol–water partition coefficient (Wildman–Crippen LogP) is 0.672. The van der Waals surface area contributed by atoms with Crippen LogP contribution >= 0.6 is 7.14 Å². The zero-order chi connectivity index (χ0) is 33.2. The van der Waals surface area contributed by atoms with E-state index in [4.69, 9.17) is 29.3 Å². The van der Waals surface area contributed by atoms with Gasteiger partial charge in [0.25, 0.3) is 0 Å². The number of carboxylic acids is 2. The van der Waals surface area contributed by atoms with Gasteiger partial charge in [-0.3, -0.25) is 0 Å². The molecule has 0 spiro atoms. The minimum Gasteiger partial charge on any atom is -0.550 e. The van der Waals surface area contributed by atoms with Gasteiger partial charge < -0.3 is 49.2 Å². The molecule has 0 saturated carbocycles. The summed E-state index contributed by atoms with van der Waals surface area (Å²) >= 11 is 0. The fourth-order valence-corrected chi connectivity index (χ4v) is 4.94. The Morgan fingerprint density at radius 3 is 2.04 bits per heavy atom. The number of fused-ring (bicyclic) bond motifs is 1. The Hall–Kier alpha value is -3.78. The molecule has 0 atom stereocenters. The zero-order valence-electron chi connectivity index (χ0n) is 25.9. The van der Waals surface area contributed by atoms with Crippen LogP contribution in [0.25, 0.3) is 21.9 Å². The second-order valence-electron chi connectivity index (χ2n) is 9.95. The van der Waals surface area contributed by atoms with Crippen LogP contribution in [0.1, 0.15) is 25.1 Å². The van der Waals surface area contributed by atoms with Crippen LogP contribution in [0.4, 0.5) is 5.82 Å². The standard InChI is InChI=1S/C26H29BN3O5P.2C2H4O2.Pd/c1-16-24-12-17(19-10-20(27(31)32)13-22(11-19)36(4,5)33)7-9-23(24)26(30-29-16)28-15-18-6-8-21(34-2)14-25(18)35-3;2*1-2(3)4;/h6-14,31-32H,15H2,1-5H3,(H,28,30);2*1H3,(H,3,4);/q;;;+2/p-2. The van der Waals surface area contributed by atoms with E-state index in [9.17, 15) is 14.6 Å². The maximum atomic E-state index is 12.8. The molecular formula is C30H35BN3O9PPd. The fourth-order valence-electron chi connectivity index (χ4n) is 4.03. The first kappa shape index (κ1) is 39.2. The van der Waals surface area contributed by atoms with Crippen LogP contribution in [0.3, 0.4) is 0 Å². The number of benzene rings is 3. The summed E-state index contributed by atoms with van der Waals surface area (Å²) in [4.78, 5) is 17.8. The van der Waals surface area contributed by atoms with E-state index in [1.165, 1.54) is 0 Å². The van der Waals surface area contributed by atoms with Crippen molar-refractivity contribution in [2.24, 2.45) is 0 Å². The van der Waals surface area contributed by atoms with Crippen molar-refractivity contribution >= 4 is 53.6 Å². The van der Waals surface area contributed by atoms with E-state index in [1.807, 2.05) is 49.4 Å². The van der Waals surface area contributed by atoms with Crippen molar-refractivity contribution in [3.63, 3.8) is 0 Å². The van der Waals surface area contributed by atoms with Gasteiger partial charge in [0, 0.05) is 46.2 Å². The van der Waals surface area contributed by atoms with Crippen LogP contribution < -0.4 is 35.8 Å². The zero-order valence-corrected chi connectivity index (χ0v) is 28.3. The smallest absolute Gasteiger partial charge is 0.550 e. The number of hydrogen-bond acceptors (Lipinski definition) is 12. The Balaban J connectivity index is 0.00000101. The number of aryl methyl sites for hydroxylation is 1. The molecule has 0 radical (unpaired) electrons. The van der Waals surface area contributed by atoms with Gasteiger partial charge in [0.2, 0.25) is 0 Å². The first-order chi connectivity index (χ1) is 20.6. The normalized spacial score (nSPS) is 10.2. The van der Waals surface area contributed by atoms with Crippen molar-refractivity contribution in [1.82, 2.24) is 10.2 Å². The number of aliphatic carboxylic acids is 2. The van der Waals surface area contributed by atoms with Gasteiger partial charge in [-0.1, -0.05) is 18.2 Å². The Kier molecular flexibility index (Phi) is 15.4. The Labute approximate surface area is 276 Å². The molecular weight excluding hydrogens is 695 g/mol. The second-order valence-corrected chi connectivity index (χ2v) is 13.2. The molecule has 12 nitrogen and oxygen atoms in total. The molecule has 0 aliphatic carbocycles. The predicted molar refractivity (Wildman–Crippen MR) is 167 cm³/mol. The molecule has 1 aromatic heterocycles. The van der Waals surface area contributed by atoms with E-state index in [1.54, 1.807) is 39.7 Å². The topological polar surface area (TPSA) is 194 Å². The van der Waals surface area contributed by atoms with Gasteiger partial charge in [0.15, 0.2) is 5.82 Å². The second kappa shape index (κ2) is 17.6. The van der Waals surface area contributed by atoms with Gasteiger partial charge in [0.05, 0.1) is 19.9 Å². The molecule has 4 aromatic rings. The van der Waals surface area contributed by atoms with Gasteiger partial charge in [-0.2, -0.15) is 5.10 Å². The van der Waals surface area contributed by atoms with Gasteiger partial charge in [0.1, 0.15) is 18.6 Å². The van der Waals surface area contributed by atoms with Crippen LogP contribution in [-0.2, 0) is 41.1 Å². The molecule has 0 saturated heterocycles. The molecule has 4 rings (SSSR count). The summed E-state index contributed by atoms with van der Waals surface area (Å²) in [7, 11) is -1.05. The Bertz CT molecular complexity index is 1660. The Morgan fingerprint density at radius 1 is 0.889 bits per heavy atom. The maximum Gasteiger partial charge on any atom is 2.00 e. The molecule has 0 unspecified atom stereocenters. The summed E-state index contributed by atoms with van der Waals surface area (Å²) in [6.45, 7) is 7.63. The molecule has 45 heavy (non-hydrogen) atoms. The van der Waals surface area contributed by atoms with Crippen molar-refractivity contribution in [3.8, 4) is 22.6 Å². The van der Waals surface area contributed by atoms with E-state index in [2.05, 4.69) is 15.5 Å². The van der Waals surface area contributed by atoms with Crippen molar-refractivity contribution in [3.05, 3.63) is 65.9 Å². The molecule has 242 valence electrons. The van der Waals surface area contributed by atoms with Crippen molar-refractivity contribution < 1.29 is 64.3 Å². The van der Waals surface area contributed by atoms with E-state index >= 15 is 0 Å². The number of aromatic nitrogens is 2. The van der Waals surface area contributed by atoms with Crippen molar-refractivity contribution in [2.75, 3.05) is 32.9 Å². The first-order valence-corrected chi connectivity index (χ1v) is 15.8. The van der Waals surface area contributed by atoms with E-state index in [0.29, 0.717) is 34.6 Å². The number of anilines is 1. The van der Waals surface area contributed by atoms with Crippen molar-refractivity contribution in [1.29, 1.82) is 0 Å². The summed E-state index contributed by atoms with van der Waals surface area (Å²) in [5.41, 5.74) is 3.59. The monoisotopic (exact) mass is 729 g/mol. The molecule has 3 N–H and O–H groups in total. The summed E-state index contributed by atoms with van der Waals surface area (Å²) in [6.07, 6.45) is 0. The number of hydrogen-bond donors (Lipinski definition) is 3. The number of nitrogens with one attached hydrogen (secondary N) is 1. The molecule has 1 heterocycles. The SMILES string of the molecule is CC(=O)[O-].CC(=O)[O-].COc1ccc(CNc2nnc(C)c3cc(-c4cc(B(O)O)cc(P(C)(C)=O)c4)ccc23)c(OC)c1.[Pd+2]. The van der Waals surface area contributed by atoms with Gasteiger partial charge >= 0.3 is 27.5 Å². The van der Waals surface area contributed by atoms with E-state index in [0.717, 1.165) is 47.0 Å². The average molecular weight is 730 g/mol. The summed E-state index contributed by atoms with van der Waals surface area (Å²) < 4.78 is 23.5. The third-order valence-corrected chi connectivity index (χ3v) is 7.60. The number of carbonyl (C=O) groups excluding carboxylic acids is 2. The van der Waals surface area contributed by atoms with Crippen LogP contribution in [-0.4, -0.2) is 66.9 Å². The number of carboxylic acid groups (broad SMARTS) is 2. The third-order valence-electron chi connectivity index (χ3n) is 6.10. The van der Waals surface area contributed by atoms with Gasteiger partial charge in [-0.05, 0) is 81.0 Å². The summed E-state index contributed by atoms with van der Waals surface area (Å²) in [6, 6.07) is 16.7. The minimum atomic E-state index is -2.62. The average Bonchev–Trinajstić information content (AvgIpc) is 2.95. The number of ether oxygens (including phenoxy) is 2. The minimum absolute atomic E-state index is 0. The molecule has 0 aliphatic heterocycles. The first-order valence-electron chi connectivity index (χ1n) is 13.2. The van der Waals surface area contributed by atoms with Crippen molar-refractivity contribution in [2.45, 2.75) is 27.3 Å². The molecule has 15 heteroatoms. The number of methoxy groups -OCH3 is 2. The fraction of sp³-hybridized carbons (Fsp3) is 0.267. The largest absolute Gasteiger partial charge is 2.00 e.